The van der Waals surface area contributed by atoms with Crippen LogP contribution < -0.4 is 0 Å². The number of rotatable bonds is 4. The molecule has 1 aromatic heterocycles. The van der Waals surface area contributed by atoms with Crippen molar-refractivity contribution in [2.75, 3.05) is 14.2 Å². The lowest BCUT2D eigenvalue weighted by Gasteiger charge is -2.36. The average Bonchev–Trinajstić information content (AvgIpc) is 3.01. The molecule has 1 atom stereocenters. The lowest BCUT2D eigenvalue weighted by molar-refractivity contribution is -0.400. The molecule has 0 spiro atoms. The summed E-state index contributed by atoms with van der Waals surface area (Å²) in [4.78, 5) is 35.7. The fraction of sp³-hybridized carbons (Fsp3) is 0.333. The average molecular weight is 374 g/mol. The van der Waals surface area contributed by atoms with Crippen molar-refractivity contribution >= 4 is 28.9 Å². The van der Waals surface area contributed by atoms with Crippen molar-refractivity contribution in [3.05, 3.63) is 51.8 Å². The molecule has 1 aromatic carbocycles. The molecular formula is C18H18N2O7. The van der Waals surface area contributed by atoms with Gasteiger partial charge in [0.05, 0.1) is 30.4 Å². The van der Waals surface area contributed by atoms with E-state index in [9.17, 15) is 24.8 Å². The highest BCUT2D eigenvalue weighted by Gasteiger charge is 2.56. The number of hydrogen-bond donors (Lipinski definition) is 1. The lowest BCUT2D eigenvalue weighted by Crippen LogP contribution is -2.50. The van der Waals surface area contributed by atoms with Gasteiger partial charge in [0.2, 0.25) is 11.6 Å². The van der Waals surface area contributed by atoms with Crippen LogP contribution in [0.1, 0.15) is 30.3 Å². The van der Waals surface area contributed by atoms with Gasteiger partial charge in [-0.1, -0.05) is 18.2 Å². The van der Waals surface area contributed by atoms with E-state index < -0.39 is 28.5 Å². The molecule has 9 nitrogen and oxygen atoms in total. The Morgan fingerprint density at radius 1 is 1.30 bits per heavy atom. The van der Waals surface area contributed by atoms with E-state index in [-0.39, 0.29) is 24.1 Å². The monoisotopic (exact) mass is 374 g/mol. The summed E-state index contributed by atoms with van der Waals surface area (Å²) in [6, 6.07) is 6.86. The van der Waals surface area contributed by atoms with E-state index >= 15 is 0 Å². The highest BCUT2D eigenvalue weighted by Crippen LogP contribution is 2.46. The SMILES string of the molecule is COC(=O)C1(C(=O)OC)CCC(O)n2c1c(/C=C/[N+](=O)[O-])c1ccccc12. The van der Waals surface area contributed by atoms with E-state index in [2.05, 4.69) is 0 Å². The number of fused-ring (bicyclic) bond motifs is 3. The molecule has 1 aliphatic heterocycles. The van der Waals surface area contributed by atoms with Gasteiger partial charge >= 0.3 is 11.9 Å². The number of esters is 2. The van der Waals surface area contributed by atoms with E-state index in [1.165, 1.54) is 10.6 Å². The van der Waals surface area contributed by atoms with Gasteiger partial charge in [-0.25, -0.2) is 0 Å². The van der Waals surface area contributed by atoms with Crippen LogP contribution in [0.4, 0.5) is 0 Å². The van der Waals surface area contributed by atoms with Gasteiger partial charge in [-0.05, 0) is 18.9 Å². The van der Waals surface area contributed by atoms with Crippen molar-refractivity contribution in [3.8, 4) is 0 Å². The lowest BCUT2D eigenvalue weighted by atomic mass is 9.75. The minimum absolute atomic E-state index is 0.0524. The third kappa shape index (κ3) is 2.67. The van der Waals surface area contributed by atoms with Crippen LogP contribution in [-0.4, -0.2) is 40.8 Å². The third-order valence-corrected chi connectivity index (χ3v) is 4.86. The smallest absolute Gasteiger partial charge is 0.329 e. The number of ether oxygens (including phenoxy) is 2. The third-order valence-electron chi connectivity index (χ3n) is 4.86. The Bertz CT molecular complexity index is 944. The molecule has 1 N–H and O–H groups in total. The van der Waals surface area contributed by atoms with Crippen LogP contribution >= 0.6 is 0 Å². The van der Waals surface area contributed by atoms with Crippen molar-refractivity contribution in [3.63, 3.8) is 0 Å². The first-order valence-corrected chi connectivity index (χ1v) is 8.18. The molecule has 1 unspecified atom stereocenters. The van der Waals surface area contributed by atoms with Gasteiger partial charge < -0.3 is 19.1 Å². The normalized spacial score (nSPS) is 18.3. The number of aliphatic hydroxyl groups excluding tert-OH is 1. The van der Waals surface area contributed by atoms with Crippen LogP contribution in [0.3, 0.4) is 0 Å². The van der Waals surface area contributed by atoms with Gasteiger partial charge in [0.15, 0.2) is 0 Å². The highest BCUT2D eigenvalue weighted by atomic mass is 16.6. The van der Waals surface area contributed by atoms with Crippen LogP contribution in [-0.2, 0) is 24.5 Å². The van der Waals surface area contributed by atoms with Crippen LogP contribution in [0.15, 0.2) is 30.5 Å². The van der Waals surface area contributed by atoms with Gasteiger partial charge in [-0.15, -0.1) is 0 Å². The van der Waals surface area contributed by atoms with Crippen LogP contribution in [0.2, 0.25) is 0 Å². The van der Waals surface area contributed by atoms with Gasteiger partial charge in [-0.2, -0.15) is 0 Å². The number of carbonyl (C=O) groups excluding carboxylic acids is 2. The minimum atomic E-state index is -1.84. The maximum absolute atomic E-state index is 12.7. The van der Waals surface area contributed by atoms with Crippen molar-refractivity contribution in [1.82, 2.24) is 4.57 Å². The molecular weight excluding hydrogens is 356 g/mol. The summed E-state index contributed by atoms with van der Waals surface area (Å²) in [5.74, 6) is -1.69. The molecule has 0 bridgehead atoms. The molecule has 0 amide bonds. The van der Waals surface area contributed by atoms with Crippen LogP contribution in [0.25, 0.3) is 17.0 Å². The molecule has 0 radical (unpaired) electrons. The van der Waals surface area contributed by atoms with Gasteiger partial charge in [0.25, 0.3) is 0 Å². The van der Waals surface area contributed by atoms with Crippen LogP contribution in [0, 0.1) is 10.1 Å². The number of benzene rings is 1. The number of nitro groups is 1. The standard InChI is InChI=1S/C18H18N2O7/c1-26-16(22)18(17(23)27-2)9-7-14(21)20-13-6-4-3-5-11(13)12(15(18)20)8-10-19(24)25/h3-6,8,10,14,21H,7,9H2,1-2H3/b10-8+. The predicted molar refractivity (Wildman–Crippen MR) is 94.2 cm³/mol. The molecule has 3 rings (SSSR count). The Hall–Kier alpha value is -3.20. The molecule has 0 saturated carbocycles. The fourth-order valence-electron chi connectivity index (χ4n) is 3.76. The number of carbonyl (C=O) groups is 2. The number of aromatic nitrogens is 1. The Kier molecular flexibility index (Phi) is 4.71. The minimum Gasteiger partial charge on any atom is -0.468 e. The molecule has 2 heterocycles. The summed E-state index contributed by atoms with van der Waals surface area (Å²) >= 11 is 0. The summed E-state index contributed by atoms with van der Waals surface area (Å²) in [6.07, 6.45) is 0.984. The van der Waals surface area contributed by atoms with Crippen molar-refractivity contribution in [1.29, 1.82) is 0 Å². The van der Waals surface area contributed by atoms with Gasteiger partial charge in [0, 0.05) is 17.0 Å². The maximum atomic E-state index is 12.7. The van der Waals surface area contributed by atoms with E-state index in [0.29, 0.717) is 10.9 Å². The number of aliphatic hydroxyl groups is 1. The topological polar surface area (TPSA) is 121 Å². The first kappa shape index (κ1) is 18.6. The van der Waals surface area contributed by atoms with E-state index in [0.717, 1.165) is 20.4 Å². The fourth-order valence-corrected chi connectivity index (χ4v) is 3.76. The first-order chi connectivity index (χ1) is 12.9. The second-order valence-corrected chi connectivity index (χ2v) is 6.16. The quantitative estimate of drug-likeness (QED) is 0.374. The molecule has 1 aliphatic rings. The first-order valence-electron chi connectivity index (χ1n) is 8.18. The second kappa shape index (κ2) is 6.84. The highest BCUT2D eigenvalue weighted by molar-refractivity contribution is 6.09. The summed E-state index contributed by atoms with van der Waals surface area (Å²) in [7, 11) is 2.30. The number of methoxy groups -OCH3 is 2. The largest absolute Gasteiger partial charge is 0.468 e. The van der Waals surface area contributed by atoms with Gasteiger partial charge in [-0.3, -0.25) is 19.7 Å². The number of nitrogens with zero attached hydrogens (tertiary/aromatic N) is 2. The maximum Gasteiger partial charge on any atom is 0.329 e. The van der Waals surface area contributed by atoms with E-state index in [1.807, 2.05) is 0 Å². The Morgan fingerprint density at radius 3 is 2.52 bits per heavy atom. The van der Waals surface area contributed by atoms with E-state index in [1.54, 1.807) is 24.3 Å². The van der Waals surface area contributed by atoms with E-state index in [4.69, 9.17) is 9.47 Å². The molecule has 27 heavy (non-hydrogen) atoms. The zero-order valence-electron chi connectivity index (χ0n) is 14.7. The summed E-state index contributed by atoms with van der Waals surface area (Å²) in [5, 5.41) is 22.0. The summed E-state index contributed by atoms with van der Waals surface area (Å²) in [6.45, 7) is 0. The van der Waals surface area contributed by atoms with Crippen molar-refractivity contribution < 1.29 is 29.1 Å². The number of para-hydroxylation sites is 1. The molecule has 142 valence electrons. The Labute approximate surface area is 153 Å². The molecule has 2 aromatic rings. The Balaban J connectivity index is 2.47. The van der Waals surface area contributed by atoms with Crippen molar-refractivity contribution in [2.24, 2.45) is 0 Å². The summed E-state index contributed by atoms with van der Waals surface area (Å²) in [5.41, 5.74) is -0.881. The molecule has 9 heteroatoms. The Morgan fingerprint density at radius 2 is 1.93 bits per heavy atom. The second-order valence-electron chi connectivity index (χ2n) is 6.16. The predicted octanol–water partition coefficient (Wildman–Crippen LogP) is 1.76. The molecule has 0 saturated heterocycles. The van der Waals surface area contributed by atoms with Crippen molar-refractivity contribution in [2.45, 2.75) is 24.5 Å². The number of hydrogen-bond acceptors (Lipinski definition) is 7. The van der Waals surface area contributed by atoms with Crippen LogP contribution in [0.5, 0.6) is 0 Å². The molecule has 0 aliphatic carbocycles. The molecule has 0 fully saturated rings. The summed E-state index contributed by atoms with van der Waals surface area (Å²) < 4.78 is 11.2. The zero-order chi connectivity index (χ0) is 19.8. The zero-order valence-corrected chi connectivity index (χ0v) is 14.7. The van der Waals surface area contributed by atoms with Gasteiger partial charge in [0.1, 0.15) is 6.23 Å².